The van der Waals surface area contributed by atoms with Crippen molar-refractivity contribution in [2.75, 3.05) is 12.5 Å². The first-order valence-electron chi connectivity index (χ1n) is 7.41. The van der Waals surface area contributed by atoms with Gasteiger partial charge in [0.25, 0.3) is 0 Å². The maximum absolute atomic E-state index is 13.0. The number of aliphatic imine (C=N–C) groups is 1. The number of rotatable bonds is 4. The molecule has 0 amide bonds. The first-order chi connectivity index (χ1) is 13.2. The maximum atomic E-state index is 13.0. The molecule has 0 bridgehead atoms. The molecule has 158 valence electrons. The van der Waals surface area contributed by atoms with Crippen LogP contribution in [0.25, 0.3) is 0 Å². The van der Waals surface area contributed by atoms with Crippen molar-refractivity contribution in [1.29, 1.82) is 5.26 Å². The molecule has 1 atom stereocenters. The summed E-state index contributed by atoms with van der Waals surface area (Å²) in [6, 6.07) is 2.82. The van der Waals surface area contributed by atoms with E-state index in [9.17, 15) is 31.6 Å². The van der Waals surface area contributed by atoms with Gasteiger partial charge in [-0.2, -0.15) is 36.6 Å². The van der Waals surface area contributed by atoms with Crippen LogP contribution in [0.3, 0.4) is 0 Å². The molecule has 2 rings (SSSR count). The number of halogens is 8. The van der Waals surface area contributed by atoms with Crippen LogP contribution in [0.2, 0.25) is 10.0 Å². The molecular formula is C15H11Cl2F6N5S. The minimum Gasteiger partial charge on any atom is -0.280 e. The molecule has 0 saturated heterocycles. The van der Waals surface area contributed by atoms with E-state index in [-0.39, 0.29) is 5.69 Å². The van der Waals surface area contributed by atoms with Crippen molar-refractivity contribution in [3.8, 4) is 6.07 Å². The summed E-state index contributed by atoms with van der Waals surface area (Å²) in [5.41, 5.74) is -5.80. The van der Waals surface area contributed by atoms with Crippen LogP contribution in [0.4, 0.5) is 32.0 Å². The molecule has 29 heavy (non-hydrogen) atoms. The van der Waals surface area contributed by atoms with Gasteiger partial charge in [-0.3, -0.25) is 10.4 Å². The lowest BCUT2D eigenvalue weighted by atomic mass is 10.2. The van der Waals surface area contributed by atoms with Gasteiger partial charge in [-0.25, -0.2) is 5.12 Å². The smallest absolute Gasteiger partial charge is 0.280 e. The number of likely N-dealkylation sites (N-methyl/N-ethyl adjacent to an activating group) is 1. The van der Waals surface area contributed by atoms with E-state index in [2.05, 4.69) is 17.1 Å². The Morgan fingerprint density at radius 1 is 1.21 bits per heavy atom. The van der Waals surface area contributed by atoms with Crippen molar-refractivity contribution in [3.63, 3.8) is 0 Å². The molecule has 14 heteroatoms. The minimum atomic E-state index is -4.73. The molecular weight excluding hydrogens is 467 g/mol. The molecule has 1 aromatic rings. The van der Waals surface area contributed by atoms with Gasteiger partial charge in [0.15, 0.2) is 11.4 Å². The molecule has 0 aromatic heterocycles. The van der Waals surface area contributed by atoms with Crippen molar-refractivity contribution in [3.05, 3.63) is 38.3 Å². The Labute approximate surface area is 175 Å². The third-order valence-corrected chi connectivity index (χ3v) is 5.62. The van der Waals surface area contributed by atoms with Gasteiger partial charge in [0.05, 0.1) is 26.2 Å². The van der Waals surface area contributed by atoms with Crippen molar-refractivity contribution in [1.82, 2.24) is 10.1 Å². The summed E-state index contributed by atoms with van der Waals surface area (Å²) >= 11 is 11.2. The van der Waals surface area contributed by atoms with Gasteiger partial charge in [0, 0.05) is 7.05 Å². The van der Waals surface area contributed by atoms with E-state index in [1.54, 1.807) is 6.07 Å². The Morgan fingerprint density at radius 2 is 1.72 bits per heavy atom. The third-order valence-electron chi connectivity index (χ3n) is 4.01. The van der Waals surface area contributed by atoms with E-state index in [1.807, 2.05) is 0 Å². The molecule has 1 heterocycles. The highest BCUT2D eigenvalue weighted by Gasteiger charge is 2.51. The Morgan fingerprint density at radius 3 is 2.10 bits per heavy atom. The number of thioether (sulfide) groups is 1. The predicted molar refractivity (Wildman–Crippen MR) is 98.9 cm³/mol. The first-order valence-corrected chi connectivity index (χ1v) is 8.98. The zero-order chi connectivity index (χ0) is 22.4. The third kappa shape index (κ3) is 4.53. The summed E-state index contributed by atoms with van der Waals surface area (Å²) in [6.07, 6.45) is -4.71. The summed E-state index contributed by atoms with van der Waals surface area (Å²) in [5, 5.41) is 10.5. The number of hydrogen-bond acceptors (Lipinski definition) is 6. The van der Waals surface area contributed by atoms with E-state index in [0.717, 1.165) is 10.1 Å². The Hall–Kier alpha value is -1.81. The molecule has 1 unspecified atom stereocenters. The Bertz CT molecular complexity index is 887. The van der Waals surface area contributed by atoms with Gasteiger partial charge in [-0.05, 0) is 37.5 Å². The number of nitrogens with one attached hydrogen (secondary N) is 1. The van der Waals surface area contributed by atoms with Crippen LogP contribution in [0, 0.1) is 11.3 Å². The van der Waals surface area contributed by atoms with Gasteiger partial charge in [-0.1, -0.05) is 23.2 Å². The van der Waals surface area contributed by atoms with E-state index in [4.69, 9.17) is 23.2 Å². The number of nitrogens with zero attached hydrogens (tertiary/aromatic N) is 4. The van der Waals surface area contributed by atoms with Gasteiger partial charge < -0.3 is 0 Å². The second kappa shape index (κ2) is 7.79. The number of benzene rings is 1. The zero-order valence-electron chi connectivity index (χ0n) is 14.6. The lowest BCUT2D eigenvalue weighted by Crippen LogP contribution is -2.48. The highest BCUT2D eigenvalue weighted by molar-refractivity contribution is 8.04. The topological polar surface area (TPSA) is 54.7 Å². The van der Waals surface area contributed by atoms with Crippen LogP contribution in [0.1, 0.15) is 12.5 Å². The first kappa shape index (κ1) is 23.5. The van der Waals surface area contributed by atoms with Gasteiger partial charge in [0.1, 0.15) is 6.07 Å². The second-order valence-corrected chi connectivity index (χ2v) is 7.67. The number of hydrogen-bond donors (Lipinski definition) is 1. The van der Waals surface area contributed by atoms with E-state index in [1.165, 1.54) is 14.0 Å². The maximum Gasteiger partial charge on any atom is 0.446 e. The molecule has 1 aliphatic heterocycles. The van der Waals surface area contributed by atoms with Crippen LogP contribution in [-0.2, 0) is 6.18 Å². The van der Waals surface area contributed by atoms with Crippen LogP contribution in [0.15, 0.2) is 27.7 Å². The molecule has 5 nitrogen and oxygen atoms in total. The lowest BCUT2D eigenvalue weighted by molar-refractivity contribution is -0.137. The molecule has 1 aromatic carbocycles. The Kier molecular flexibility index (Phi) is 6.30. The van der Waals surface area contributed by atoms with Crippen LogP contribution < -0.4 is 5.43 Å². The monoisotopic (exact) mass is 477 g/mol. The fourth-order valence-electron chi connectivity index (χ4n) is 2.43. The highest BCUT2D eigenvalue weighted by atomic mass is 35.5. The normalized spacial score (nSPS) is 20.8. The van der Waals surface area contributed by atoms with Crippen molar-refractivity contribution < 1.29 is 26.3 Å². The van der Waals surface area contributed by atoms with Crippen LogP contribution in [0.5, 0.6) is 0 Å². The zero-order valence-corrected chi connectivity index (χ0v) is 16.9. The van der Waals surface area contributed by atoms with Crippen LogP contribution in [-0.4, -0.2) is 35.1 Å². The van der Waals surface area contributed by atoms with E-state index in [0.29, 0.717) is 12.1 Å². The second-order valence-electron chi connectivity index (χ2n) is 5.78. The van der Waals surface area contributed by atoms with Gasteiger partial charge in [-0.15, -0.1) is 0 Å². The lowest BCUT2D eigenvalue weighted by Gasteiger charge is -2.36. The summed E-state index contributed by atoms with van der Waals surface area (Å²) in [5.74, 6) is 0. The number of alkyl halides is 6. The minimum absolute atomic E-state index is 0.245. The largest absolute Gasteiger partial charge is 0.446 e. The standard InChI is InChI=1S/C15H11Cl2F6N5S/c1-13(25-2)12(29-15(21,22)23)10(6-24)28(27(13)3)26-11-8(16)4-7(5-9(11)17)14(18,19)20/h4-5,26H,2H2,1,3H3. The number of nitriles is 1. The van der Waals surface area contributed by atoms with Crippen LogP contribution >= 0.6 is 35.0 Å². The fourth-order valence-corrected chi connectivity index (χ4v) is 3.85. The van der Waals surface area contributed by atoms with Crippen molar-refractivity contribution >= 4 is 47.4 Å². The van der Waals surface area contributed by atoms with E-state index >= 15 is 0 Å². The fraction of sp³-hybridized carbons (Fsp3) is 0.333. The molecule has 0 spiro atoms. The van der Waals surface area contributed by atoms with E-state index < -0.39 is 55.3 Å². The molecule has 0 aliphatic carbocycles. The van der Waals surface area contributed by atoms with Crippen molar-refractivity contribution in [2.45, 2.75) is 24.3 Å². The quantitative estimate of drug-likeness (QED) is 0.431. The van der Waals surface area contributed by atoms with Crippen molar-refractivity contribution in [2.24, 2.45) is 4.99 Å². The molecule has 1 N–H and O–H groups in total. The molecule has 0 fully saturated rings. The summed E-state index contributed by atoms with van der Waals surface area (Å²) in [6.45, 7) is 4.56. The molecule has 0 radical (unpaired) electrons. The number of anilines is 1. The average molecular weight is 478 g/mol. The highest BCUT2D eigenvalue weighted by Crippen LogP contribution is 2.50. The average Bonchev–Trinajstić information content (AvgIpc) is 2.77. The number of allylic oxidation sites excluding steroid dienone is 1. The number of hydrazine groups is 2. The summed E-state index contributed by atoms with van der Waals surface area (Å²) < 4.78 is 77.7. The summed E-state index contributed by atoms with van der Waals surface area (Å²) in [4.78, 5) is 3.21. The molecule has 0 saturated carbocycles. The molecule has 1 aliphatic rings. The van der Waals surface area contributed by atoms with Gasteiger partial charge in [0.2, 0.25) is 0 Å². The summed E-state index contributed by atoms with van der Waals surface area (Å²) in [7, 11) is 1.30. The SMILES string of the molecule is C=NC1(C)C(SC(F)(F)F)=C(C#N)N(Nc2c(Cl)cc(C(F)(F)F)cc2Cl)N1C. The predicted octanol–water partition coefficient (Wildman–Crippen LogP) is 5.91. The Balaban J connectivity index is 2.55. The van der Waals surface area contributed by atoms with Gasteiger partial charge >= 0.3 is 11.7 Å².